The normalized spacial score (nSPS) is 10.7. The van der Waals surface area contributed by atoms with Crippen molar-refractivity contribution in [2.45, 2.75) is 5.92 Å². The topological polar surface area (TPSA) is 40.5 Å². The molecule has 0 atom stereocenters. The summed E-state index contributed by atoms with van der Waals surface area (Å²) < 4.78 is 0. The van der Waals surface area contributed by atoms with E-state index in [2.05, 4.69) is 0 Å². The standard InChI is InChI=1S/C14H13ClO2/c15-9-12(10-5-1-3-7-13(10)16)11-6-2-4-8-14(11)17/h1-8,12,16-17H,9H2. The quantitative estimate of drug-likeness (QED) is 0.817. The highest BCUT2D eigenvalue weighted by molar-refractivity contribution is 6.18. The van der Waals surface area contributed by atoms with Crippen molar-refractivity contribution in [3.05, 3.63) is 59.7 Å². The molecule has 0 radical (unpaired) electrons. The molecule has 0 aliphatic heterocycles. The van der Waals surface area contributed by atoms with Crippen LogP contribution in [-0.2, 0) is 0 Å². The lowest BCUT2D eigenvalue weighted by Gasteiger charge is -2.17. The second kappa shape index (κ2) is 5.11. The van der Waals surface area contributed by atoms with E-state index in [4.69, 9.17) is 11.6 Å². The van der Waals surface area contributed by atoms with Gasteiger partial charge in [-0.3, -0.25) is 0 Å². The zero-order valence-electron chi connectivity index (χ0n) is 9.18. The molecule has 2 aromatic carbocycles. The highest BCUT2D eigenvalue weighted by Crippen LogP contribution is 2.35. The van der Waals surface area contributed by atoms with Crippen molar-refractivity contribution in [1.82, 2.24) is 0 Å². The average molecular weight is 249 g/mol. The average Bonchev–Trinajstić information content (AvgIpc) is 2.34. The highest BCUT2D eigenvalue weighted by Gasteiger charge is 2.18. The Morgan fingerprint density at radius 3 is 1.59 bits per heavy atom. The minimum Gasteiger partial charge on any atom is -0.508 e. The van der Waals surface area contributed by atoms with Crippen LogP contribution in [0.25, 0.3) is 0 Å². The molecule has 2 N–H and O–H groups in total. The van der Waals surface area contributed by atoms with E-state index in [1.165, 1.54) is 0 Å². The Bertz CT molecular complexity index is 466. The minimum atomic E-state index is -0.209. The van der Waals surface area contributed by atoms with Crippen LogP contribution in [0.3, 0.4) is 0 Å². The van der Waals surface area contributed by atoms with Crippen molar-refractivity contribution in [1.29, 1.82) is 0 Å². The third-order valence-electron chi connectivity index (χ3n) is 2.78. The molecule has 2 nitrogen and oxygen atoms in total. The van der Waals surface area contributed by atoms with E-state index < -0.39 is 0 Å². The maximum Gasteiger partial charge on any atom is 0.119 e. The highest BCUT2D eigenvalue weighted by atomic mass is 35.5. The summed E-state index contributed by atoms with van der Waals surface area (Å²) in [6.45, 7) is 0. The number of hydrogen-bond donors (Lipinski definition) is 2. The Labute approximate surface area is 105 Å². The van der Waals surface area contributed by atoms with Crippen LogP contribution in [0.15, 0.2) is 48.5 Å². The molecule has 0 bridgehead atoms. The van der Waals surface area contributed by atoms with Gasteiger partial charge >= 0.3 is 0 Å². The predicted octanol–water partition coefficient (Wildman–Crippen LogP) is 3.47. The lowest BCUT2D eigenvalue weighted by molar-refractivity contribution is 0.457. The smallest absolute Gasteiger partial charge is 0.119 e. The molecular formula is C14H13ClO2. The third-order valence-corrected chi connectivity index (χ3v) is 3.09. The summed E-state index contributed by atoms with van der Waals surface area (Å²) in [6.07, 6.45) is 0. The number of aromatic hydroxyl groups is 2. The fourth-order valence-corrected chi connectivity index (χ4v) is 2.23. The van der Waals surface area contributed by atoms with E-state index in [9.17, 15) is 10.2 Å². The van der Waals surface area contributed by atoms with Crippen LogP contribution in [0.2, 0.25) is 0 Å². The van der Waals surface area contributed by atoms with Crippen molar-refractivity contribution in [2.75, 3.05) is 5.88 Å². The summed E-state index contributed by atoms with van der Waals surface area (Å²) in [5, 5.41) is 19.6. The number of rotatable bonds is 3. The van der Waals surface area contributed by atoms with Gasteiger partial charge in [-0.1, -0.05) is 36.4 Å². The molecule has 2 rings (SSSR count). The van der Waals surface area contributed by atoms with E-state index in [0.717, 1.165) is 11.1 Å². The Balaban J connectivity index is 2.48. The number of benzene rings is 2. The Kier molecular flexibility index (Phi) is 3.55. The van der Waals surface area contributed by atoms with Crippen LogP contribution in [0.1, 0.15) is 17.0 Å². The molecule has 0 aromatic heterocycles. The number of phenols is 2. The summed E-state index contributed by atoms with van der Waals surface area (Å²) >= 11 is 5.96. The van der Waals surface area contributed by atoms with Gasteiger partial charge < -0.3 is 10.2 Å². The number of hydrogen-bond acceptors (Lipinski definition) is 2. The van der Waals surface area contributed by atoms with E-state index in [0.29, 0.717) is 5.88 Å². The molecule has 2 aromatic rings. The second-order valence-electron chi connectivity index (χ2n) is 3.82. The molecule has 0 saturated heterocycles. The number of phenolic OH excluding ortho intramolecular Hbond substituents is 2. The SMILES string of the molecule is Oc1ccccc1C(CCl)c1ccccc1O. The van der Waals surface area contributed by atoms with E-state index in [1.54, 1.807) is 24.3 Å². The number of para-hydroxylation sites is 2. The molecule has 0 unspecified atom stereocenters. The van der Waals surface area contributed by atoms with Crippen molar-refractivity contribution in [3.63, 3.8) is 0 Å². The summed E-state index contributed by atoms with van der Waals surface area (Å²) in [7, 11) is 0. The molecule has 88 valence electrons. The minimum absolute atomic E-state index is 0.196. The Hall–Kier alpha value is -1.67. The van der Waals surface area contributed by atoms with E-state index in [-0.39, 0.29) is 17.4 Å². The van der Waals surface area contributed by atoms with Gasteiger partial charge in [-0.05, 0) is 12.1 Å². The summed E-state index contributed by atoms with van der Waals surface area (Å²) in [5.41, 5.74) is 1.45. The van der Waals surface area contributed by atoms with Crippen LogP contribution in [0, 0.1) is 0 Å². The number of halogens is 1. The molecule has 0 saturated carbocycles. The molecule has 0 spiro atoms. The van der Waals surface area contributed by atoms with Crippen LogP contribution >= 0.6 is 11.6 Å². The first-order valence-electron chi connectivity index (χ1n) is 5.35. The van der Waals surface area contributed by atoms with Gasteiger partial charge in [0.2, 0.25) is 0 Å². The first kappa shape index (κ1) is 11.8. The monoisotopic (exact) mass is 248 g/mol. The van der Waals surface area contributed by atoms with Crippen molar-refractivity contribution in [2.24, 2.45) is 0 Å². The third kappa shape index (κ3) is 2.37. The molecule has 0 aliphatic carbocycles. The van der Waals surface area contributed by atoms with Gasteiger partial charge in [0.1, 0.15) is 11.5 Å². The fraction of sp³-hybridized carbons (Fsp3) is 0.143. The molecule has 17 heavy (non-hydrogen) atoms. The van der Waals surface area contributed by atoms with Crippen LogP contribution in [0.4, 0.5) is 0 Å². The second-order valence-corrected chi connectivity index (χ2v) is 4.13. The van der Waals surface area contributed by atoms with E-state index in [1.807, 2.05) is 24.3 Å². The summed E-state index contributed by atoms with van der Waals surface area (Å²) in [5.74, 6) is 0.483. The van der Waals surface area contributed by atoms with E-state index >= 15 is 0 Å². The van der Waals surface area contributed by atoms with Crippen LogP contribution < -0.4 is 0 Å². The van der Waals surface area contributed by atoms with Crippen LogP contribution in [0.5, 0.6) is 11.5 Å². The lowest BCUT2D eigenvalue weighted by atomic mass is 9.91. The largest absolute Gasteiger partial charge is 0.508 e. The molecule has 3 heteroatoms. The van der Waals surface area contributed by atoms with Gasteiger partial charge in [-0.15, -0.1) is 11.6 Å². The first-order chi connectivity index (χ1) is 8.24. The molecular weight excluding hydrogens is 236 g/mol. The summed E-state index contributed by atoms with van der Waals surface area (Å²) in [4.78, 5) is 0. The van der Waals surface area contributed by atoms with Crippen molar-refractivity contribution in [3.8, 4) is 11.5 Å². The fourth-order valence-electron chi connectivity index (χ4n) is 1.90. The van der Waals surface area contributed by atoms with Gasteiger partial charge in [0.25, 0.3) is 0 Å². The van der Waals surface area contributed by atoms with Crippen molar-refractivity contribution >= 4 is 11.6 Å². The lowest BCUT2D eigenvalue weighted by Crippen LogP contribution is -2.03. The maximum atomic E-state index is 9.82. The maximum absolute atomic E-state index is 9.82. The van der Waals surface area contributed by atoms with Crippen LogP contribution in [-0.4, -0.2) is 16.1 Å². The summed E-state index contributed by atoms with van der Waals surface area (Å²) in [6, 6.07) is 14.1. The van der Waals surface area contributed by atoms with Gasteiger partial charge in [0, 0.05) is 22.9 Å². The predicted molar refractivity (Wildman–Crippen MR) is 68.8 cm³/mol. The van der Waals surface area contributed by atoms with Gasteiger partial charge in [0.05, 0.1) is 0 Å². The zero-order chi connectivity index (χ0) is 12.3. The van der Waals surface area contributed by atoms with Gasteiger partial charge in [-0.2, -0.15) is 0 Å². The molecule has 0 amide bonds. The Morgan fingerprint density at radius 2 is 1.24 bits per heavy atom. The Morgan fingerprint density at radius 1 is 0.824 bits per heavy atom. The molecule has 0 fully saturated rings. The first-order valence-corrected chi connectivity index (χ1v) is 5.89. The number of alkyl halides is 1. The zero-order valence-corrected chi connectivity index (χ0v) is 9.93. The molecule has 0 heterocycles. The molecule has 0 aliphatic rings. The van der Waals surface area contributed by atoms with Gasteiger partial charge in [0.15, 0.2) is 0 Å². The van der Waals surface area contributed by atoms with Gasteiger partial charge in [-0.25, -0.2) is 0 Å². The van der Waals surface area contributed by atoms with Crippen molar-refractivity contribution < 1.29 is 10.2 Å².